The average Bonchev–Trinajstić information content (AvgIpc) is 2.23. The van der Waals surface area contributed by atoms with Crippen LogP contribution in [-0.4, -0.2) is 48.9 Å². The van der Waals surface area contributed by atoms with Gasteiger partial charge in [0.2, 0.25) is 11.8 Å². The first-order chi connectivity index (χ1) is 7.99. The lowest BCUT2D eigenvalue weighted by atomic mass is 10.3. The number of amides is 4. The van der Waals surface area contributed by atoms with E-state index >= 15 is 0 Å². The number of carbonyl (C=O) groups excluding carboxylic acids is 3. The van der Waals surface area contributed by atoms with E-state index in [1.165, 1.54) is 0 Å². The number of primary amides is 1. The molecule has 0 aromatic rings. The van der Waals surface area contributed by atoms with Gasteiger partial charge in [-0.05, 0) is 13.5 Å². The summed E-state index contributed by atoms with van der Waals surface area (Å²) < 4.78 is 0. The molecule has 98 valence electrons. The molecule has 0 aromatic carbocycles. The number of urea groups is 1. The fraction of sp³-hybridized carbons (Fsp3) is 0.700. The quantitative estimate of drug-likeness (QED) is 0.536. The van der Waals surface area contributed by atoms with Crippen LogP contribution in [0.2, 0.25) is 0 Å². The van der Waals surface area contributed by atoms with Crippen LogP contribution in [0, 0.1) is 0 Å². The second-order valence-electron chi connectivity index (χ2n) is 3.48. The first-order valence-corrected chi connectivity index (χ1v) is 5.57. The lowest BCUT2D eigenvalue weighted by Crippen LogP contribution is -2.40. The van der Waals surface area contributed by atoms with E-state index in [2.05, 4.69) is 5.32 Å². The predicted molar refractivity (Wildman–Crippen MR) is 63.1 cm³/mol. The molecule has 7 nitrogen and oxygen atoms in total. The van der Waals surface area contributed by atoms with E-state index in [4.69, 9.17) is 5.73 Å². The van der Waals surface area contributed by atoms with Gasteiger partial charge in [-0.25, -0.2) is 4.79 Å². The van der Waals surface area contributed by atoms with Crippen LogP contribution in [-0.2, 0) is 9.59 Å². The predicted octanol–water partition coefficient (Wildman–Crippen LogP) is -0.971. The first-order valence-electron chi connectivity index (χ1n) is 5.57. The Balaban J connectivity index is 3.93. The van der Waals surface area contributed by atoms with Crippen molar-refractivity contribution < 1.29 is 14.4 Å². The number of nitrogens with one attached hydrogen (secondary N) is 2. The molecule has 0 radical (unpaired) electrons. The number of hydrogen-bond acceptors (Lipinski definition) is 4. The Morgan fingerprint density at radius 3 is 2.29 bits per heavy atom. The van der Waals surface area contributed by atoms with Gasteiger partial charge in [0, 0.05) is 19.5 Å². The van der Waals surface area contributed by atoms with E-state index in [1.807, 2.05) is 24.1 Å². The maximum Gasteiger partial charge on any atom is 0.318 e. The largest absolute Gasteiger partial charge is 0.355 e. The third-order valence-corrected chi connectivity index (χ3v) is 2.11. The maximum absolute atomic E-state index is 11.3. The molecule has 0 saturated carbocycles. The summed E-state index contributed by atoms with van der Waals surface area (Å²) in [5.41, 5.74) is 4.80. The van der Waals surface area contributed by atoms with Crippen LogP contribution in [0.5, 0.6) is 0 Å². The van der Waals surface area contributed by atoms with E-state index in [-0.39, 0.29) is 18.9 Å². The van der Waals surface area contributed by atoms with E-state index in [0.717, 1.165) is 0 Å². The molecule has 0 saturated heterocycles. The third-order valence-electron chi connectivity index (χ3n) is 2.11. The van der Waals surface area contributed by atoms with Crippen LogP contribution < -0.4 is 16.4 Å². The van der Waals surface area contributed by atoms with Crippen molar-refractivity contribution in [3.05, 3.63) is 0 Å². The Bertz CT molecular complexity index is 281. The zero-order valence-electron chi connectivity index (χ0n) is 10.3. The number of likely N-dealkylation sites (N-methyl/N-ethyl adjacent to an activating group) is 2. The molecule has 0 rings (SSSR count). The Labute approximate surface area is 101 Å². The van der Waals surface area contributed by atoms with Crippen molar-refractivity contribution in [1.82, 2.24) is 15.5 Å². The summed E-state index contributed by atoms with van der Waals surface area (Å²) in [7, 11) is 0. The van der Waals surface area contributed by atoms with Gasteiger partial charge in [0.25, 0.3) is 0 Å². The summed E-state index contributed by atoms with van der Waals surface area (Å²) in [6, 6.07) is -0.859. The molecule has 4 amide bonds. The van der Waals surface area contributed by atoms with Crippen LogP contribution in [0.15, 0.2) is 0 Å². The molecule has 0 atom stereocenters. The molecular weight excluding hydrogens is 224 g/mol. The summed E-state index contributed by atoms with van der Waals surface area (Å²) in [5.74, 6) is -0.517. The molecule has 0 aliphatic rings. The number of imide groups is 1. The summed E-state index contributed by atoms with van der Waals surface area (Å²) in [4.78, 5) is 34.7. The second-order valence-corrected chi connectivity index (χ2v) is 3.48. The van der Waals surface area contributed by atoms with E-state index in [9.17, 15) is 14.4 Å². The van der Waals surface area contributed by atoms with Gasteiger partial charge in [0.15, 0.2) is 0 Å². The topological polar surface area (TPSA) is 105 Å². The maximum atomic E-state index is 11.3. The zero-order valence-corrected chi connectivity index (χ0v) is 10.3. The first kappa shape index (κ1) is 15.4. The van der Waals surface area contributed by atoms with Crippen LogP contribution in [0.4, 0.5) is 4.79 Å². The molecule has 0 fully saturated rings. The van der Waals surface area contributed by atoms with Crippen molar-refractivity contribution in [2.24, 2.45) is 5.73 Å². The highest BCUT2D eigenvalue weighted by atomic mass is 16.2. The average molecular weight is 244 g/mol. The van der Waals surface area contributed by atoms with Crippen LogP contribution in [0.1, 0.15) is 20.3 Å². The van der Waals surface area contributed by atoms with Gasteiger partial charge < -0.3 is 11.1 Å². The van der Waals surface area contributed by atoms with Crippen LogP contribution >= 0.6 is 0 Å². The van der Waals surface area contributed by atoms with Crippen molar-refractivity contribution in [3.63, 3.8) is 0 Å². The highest BCUT2D eigenvalue weighted by molar-refractivity contribution is 5.93. The summed E-state index contributed by atoms with van der Waals surface area (Å²) in [6.07, 6.45) is 0.135. The van der Waals surface area contributed by atoms with Gasteiger partial charge in [0.1, 0.15) is 0 Å². The molecule has 0 spiro atoms. The Morgan fingerprint density at radius 2 is 1.82 bits per heavy atom. The molecule has 0 unspecified atom stereocenters. The third kappa shape index (κ3) is 8.21. The Morgan fingerprint density at radius 1 is 1.18 bits per heavy atom. The van der Waals surface area contributed by atoms with Crippen molar-refractivity contribution in [2.45, 2.75) is 20.3 Å². The minimum atomic E-state index is -0.859. The minimum Gasteiger partial charge on any atom is -0.355 e. The number of hydrogen-bond donors (Lipinski definition) is 3. The van der Waals surface area contributed by atoms with Crippen molar-refractivity contribution in [1.29, 1.82) is 0 Å². The molecular formula is C10H20N4O3. The summed E-state index contributed by atoms with van der Waals surface area (Å²) >= 11 is 0. The van der Waals surface area contributed by atoms with Crippen LogP contribution in [0.3, 0.4) is 0 Å². The minimum absolute atomic E-state index is 0.0790. The molecule has 0 aromatic heterocycles. The van der Waals surface area contributed by atoms with Gasteiger partial charge in [0.05, 0.1) is 6.54 Å². The number of rotatable bonds is 7. The fourth-order valence-corrected chi connectivity index (χ4v) is 1.26. The standard InChI is InChI=1S/C10H20N4O3/c1-3-12-9(16)7-14(4-2)6-5-8(15)13-10(11)17/h3-7H2,1-2H3,(H,12,16)(H3,11,13,15,17). The van der Waals surface area contributed by atoms with E-state index in [1.54, 1.807) is 0 Å². The summed E-state index contributed by atoms with van der Waals surface area (Å²) in [5, 5.41) is 4.65. The summed E-state index contributed by atoms with van der Waals surface area (Å²) in [6.45, 7) is 5.63. The lowest BCUT2D eigenvalue weighted by molar-refractivity contribution is -0.124. The number of carbonyl (C=O) groups is 3. The van der Waals surface area contributed by atoms with E-state index in [0.29, 0.717) is 19.6 Å². The molecule has 17 heavy (non-hydrogen) atoms. The van der Waals surface area contributed by atoms with Crippen molar-refractivity contribution in [3.8, 4) is 0 Å². The number of nitrogens with zero attached hydrogens (tertiary/aromatic N) is 1. The fourth-order valence-electron chi connectivity index (χ4n) is 1.26. The molecule has 0 aliphatic heterocycles. The zero-order chi connectivity index (χ0) is 13.3. The molecule has 4 N–H and O–H groups in total. The smallest absolute Gasteiger partial charge is 0.318 e. The Kier molecular flexibility index (Phi) is 7.70. The molecule has 0 aliphatic carbocycles. The highest BCUT2D eigenvalue weighted by Gasteiger charge is 2.11. The monoisotopic (exact) mass is 244 g/mol. The number of nitrogens with two attached hydrogens (primary N) is 1. The van der Waals surface area contributed by atoms with Gasteiger partial charge in [-0.2, -0.15) is 0 Å². The Hall–Kier alpha value is -1.63. The molecule has 7 heteroatoms. The normalized spacial score (nSPS) is 10.1. The van der Waals surface area contributed by atoms with Gasteiger partial charge in [-0.1, -0.05) is 6.92 Å². The molecule has 0 bridgehead atoms. The van der Waals surface area contributed by atoms with Gasteiger partial charge in [-0.15, -0.1) is 0 Å². The van der Waals surface area contributed by atoms with Crippen molar-refractivity contribution >= 4 is 17.8 Å². The van der Waals surface area contributed by atoms with Crippen molar-refractivity contribution in [2.75, 3.05) is 26.2 Å². The lowest BCUT2D eigenvalue weighted by Gasteiger charge is -2.18. The van der Waals surface area contributed by atoms with E-state index < -0.39 is 11.9 Å². The second kappa shape index (κ2) is 8.51. The SMILES string of the molecule is CCNC(=O)CN(CC)CCC(=O)NC(N)=O. The van der Waals surface area contributed by atoms with Gasteiger partial charge >= 0.3 is 6.03 Å². The molecule has 0 heterocycles. The van der Waals surface area contributed by atoms with Crippen LogP contribution in [0.25, 0.3) is 0 Å². The van der Waals surface area contributed by atoms with Gasteiger partial charge in [-0.3, -0.25) is 19.8 Å². The highest BCUT2D eigenvalue weighted by Crippen LogP contribution is 1.91.